The molecule has 2 aliphatic rings. The number of fused-ring (bicyclic) bond motifs is 1. The van der Waals surface area contributed by atoms with E-state index in [1.165, 1.54) is 12.1 Å². The summed E-state index contributed by atoms with van der Waals surface area (Å²) in [6.45, 7) is 0.359. The fraction of sp³-hybridized carbons (Fsp3) is 0.474. The maximum Gasteiger partial charge on any atom is 0.226 e. The number of imidazole rings is 1. The Hall–Kier alpha value is -1.58. The van der Waals surface area contributed by atoms with Crippen LogP contribution in [0.4, 0.5) is 8.78 Å². The Bertz CT molecular complexity index is 990. The fourth-order valence-electron chi connectivity index (χ4n) is 4.28. The van der Waals surface area contributed by atoms with E-state index in [1.807, 2.05) is 4.57 Å². The zero-order chi connectivity index (χ0) is 20.0. The molecule has 3 atom stereocenters. The van der Waals surface area contributed by atoms with Crippen molar-refractivity contribution in [3.8, 4) is 0 Å². The first-order chi connectivity index (χ1) is 13.3. The van der Waals surface area contributed by atoms with Crippen molar-refractivity contribution in [2.75, 3.05) is 0 Å². The minimum absolute atomic E-state index is 0.0388. The standard InChI is InChI=1S/C19H20BrF2N3O2S/c20-10-4-5-11(21)17(18(10)22)9-6-14-13(24-19(28)25(14)8-9)7-16(27)23-12-2-1-3-15(12)26/h4-5,9,12,15,26H,1-3,6-8H2,(H,23,27)(H,24,28)/t9?,12-,15-/m0/s1. The van der Waals surface area contributed by atoms with Crippen LogP contribution in [-0.4, -0.2) is 32.7 Å². The Balaban J connectivity index is 1.54. The molecule has 1 amide bonds. The number of nitrogens with one attached hydrogen (secondary N) is 2. The fourth-order valence-corrected chi connectivity index (χ4v) is 4.94. The van der Waals surface area contributed by atoms with Crippen molar-refractivity contribution in [1.82, 2.24) is 14.9 Å². The van der Waals surface area contributed by atoms with Crippen LogP contribution in [0.3, 0.4) is 0 Å². The zero-order valence-electron chi connectivity index (χ0n) is 15.0. The third-order valence-corrected chi connectivity index (χ3v) is 6.61. The molecule has 1 aromatic carbocycles. The monoisotopic (exact) mass is 471 g/mol. The lowest BCUT2D eigenvalue weighted by molar-refractivity contribution is -0.121. The van der Waals surface area contributed by atoms with Crippen molar-refractivity contribution in [2.24, 2.45) is 0 Å². The number of aromatic amines is 1. The number of amides is 1. The summed E-state index contributed by atoms with van der Waals surface area (Å²) in [5, 5.41) is 12.7. The predicted molar refractivity (Wildman–Crippen MR) is 106 cm³/mol. The Labute approximate surface area is 174 Å². The van der Waals surface area contributed by atoms with Crippen LogP contribution in [-0.2, 0) is 24.2 Å². The van der Waals surface area contributed by atoms with Gasteiger partial charge in [-0.15, -0.1) is 0 Å². The number of H-pyrrole nitrogens is 1. The maximum absolute atomic E-state index is 14.5. The quantitative estimate of drug-likeness (QED) is 0.472. The number of hydrogen-bond donors (Lipinski definition) is 3. The second kappa shape index (κ2) is 7.68. The molecule has 28 heavy (non-hydrogen) atoms. The van der Waals surface area contributed by atoms with Gasteiger partial charge in [-0.25, -0.2) is 8.78 Å². The Morgan fingerprint density at radius 1 is 1.39 bits per heavy atom. The van der Waals surface area contributed by atoms with Crippen molar-refractivity contribution in [3.05, 3.63) is 50.0 Å². The zero-order valence-corrected chi connectivity index (χ0v) is 17.4. The molecule has 4 rings (SSSR count). The number of benzene rings is 1. The number of carbonyl (C=O) groups is 1. The number of aliphatic hydroxyl groups is 1. The van der Waals surface area contributed by atoms with Crippen molar-refractivity contribution in [1.29, 1.82) is 0 Å². The lowest BCUT2D eigenvalue weighted by Crippen LogP contribution is -2.40. The molecule has 1 fully saturated rings. The van der Waals surface area contributed by atoms with Crippen molar-refractivity contribution in [2.45, 2.75) is 56.7 Å². The number of halogens is 3. The lowest BCUT2D eigenvalue weighted by Gasteiger charge is -2.16. The average molecular weight is 472 g/mol. The van der Waals surface area contributed by atoms with Gasteiger partial charge in [-0.3, -0.25) is 4.79 Å². The molecule has 0 saturated heterocycles. The molecule has 0 bridgehead atoms. The van der Waals surface area contributed by atoms with Gasteiger partial charge in [-0.2, -0.15) is 0 Å². The first-order valence-electron chi connectivity index (χ1n) is 9.26. The van der Waals surface area contributed by atoms with E-state index in [1.54, 1.807) is 0 Å². The molecule has 0 spiro atoms. The SMILES string of the molecule is O=C(Cc1[nH]c(=S)n2c1CC(c1c(F)ccc(Br)c1F)C2)N[C@H]1CCC[C@@H]1O. The molecule has 1 aliphatic heterocycles. The normalized spacial score (nSPS) is 23.8. The van der Waals surface area contributed by atoms with Crippen LogP contribution >= 0.6 is 28.1 Å². The number of carbonyl (C=O) groups excluding carboxylic acids is 1. The van der Waals surface area contributed by atoms with Crippen molar-refractivity contribution < 1.29 is 18.7 Å². The maximum atomic E-state index is 14.5. The second-order valence-electron chi connectivity index (χ2n) is 7.47. The van der Waals surface area contributed by atoms with Gasteiger partial charge in [0.25, 0.3) is 0 Å². The van der Waals surface area contributed by atoms with Gasteiger partial charge in [-0.1, -0.05) is 0 Å². The van der Waals surface area contributed by atoms with Crippen molar-refractivity contribution in [3.63, 3.8) is 0 Å². The third-order valence-electron chi connectivity index (χ3n) is 5.67. The molecule has 1 aliphatic carbocycles. The van der Waals surface area contributed by atoms with E-state index in [4.69, 9.17) is 12.2 Å². The number of aromatic nitrogens is 2. The Morgan fingerprint density at radius 2 is 2.18 bits per heavy atom. The first kappa shape index (κ1) is 19.7. The molecule has 150 valence electrons. The summed E-state index contributed by atoms with van der Waals surface area (Å²) in [5.74, 6) is -1.77. The average Bonchev–Trinajstić information content (AvgIpc) is 3.31. The molecular formula is C19H20BrF2N3O2S. The highest BCUT2D eigenvalue weighted by molar-refractivity contribution is 9.10. The minimum atomic E-state index is -0.597. The number of hydrogen-bond acceptors (Lipinski definition) is 3. The van der Waals surface area contributed by atoms with E-state index < -0.39 is 17.7 Å². The number of rotatable bonds is 4. The highest BCUT2D eigenvalue weighted by atomic mass is 79.9. The van der Waals surface area contributed by atoms with Crippen molar-refractivity contribution >= 4 is 34.1 Å². The van der Waals surface area contributed by atoms with E-state index >= 15 is 0 Å². The molecule has 3 N–H and O–H groups in total. The molecule has 1 aromatic heterocycles. The molecule has 2 heterocycles. The Morgan fingerprint density at radius 3 is 2.89 bits per heavy atom. The molecule has 9 heteroatoms. The molecular weight excluding hydrogens is 452 g/mol. The smallest absolute Gasteiger partial charge is 0.226 e. The molecule has 1 saturated carbocycles. The summed E-state index contributed by atoms with van der Waals surface area (Å²) in [7, 11) is 0. The van der Waals surface area contributed by atoms with Crippen LogP contribution in [0.1, 0.15) is 42.1 Å². The van der Waals surface area contributed by atoms with Gasteiger partial charge in [0.05, 0.1) is 23.0 Å². The number of nitrogens with zero attached hydrogens (tertiary/aromatic N) is 1. The summed E-state index contributed by atoms with van der Waals surface area (Å²) in [6, 6.07) is 2.38. The summed E-state index contributed by atoms with van der Waals surface area (Å²) < 4.78 is 31.3. The van der Waals surface area contributed by atoms with Gasteiger partial charge in [0.2, 0.25) is 5.91 Å². The Kier molecular flexibility index (Phi) is 5.41. The van der Waals surface area contributed by atoms with Gasteiger partial charge in [0, 0.05) is 29.4 Å². The third kappa shape index (κ3) is 3.55. The highest BCUT2D eigenvalue weighted by Gasteiger charge is 2.32. The van der Waals surface area contributed by atoms with Gasteiger partial charge in [0.15, 0.2) is 4.77 Å². The molecule has 0 radical (unpaired) electrons. The van der Waals surface area contributed by atoms with E-state index in [-0.39, 0.29) is 34.3 Å². The van der Waals surface area contributed by atoms with Gasteiger partial charge < -0.3 is 20.0 Å². The molecule has 1 unspecified atom stereocenters. The van der Waals surface area contributed by atoms with Crippen LogP contribution in [0.15, 0.2) is 16.6 Å². The molecule has 2 aromatic rings. The highest BCUT2D eigenvalue weighted by Crippen LogP contribution is 2.36. The predicted octanol–water partition coefficient (Wildman–Crippen LogP) is 3.50. The van der Waals surface area contributed by atoms with Crippen LogP contribution in [0.25, 0.3) is 0 Å². The van der Waals surface area contributed by atoms with Gasteiger partial charge in [0.1, 0.15) is 11.6 Å². The second-order valence-corrected chi connectivity index (χ2v) is 8.71. The molecule has 5 nitrogen and oxygen atoms in total. The minimum Gasteiger partial charge on any atom is -0.391 e. The van der Waals surface area contributed by atoms with Gasteiger partial charge in [-0.05, 0) is 66.0 Å². The van der Waals surface area contributed by atoms with Gasteiger partial charge >= 0.3 is 0 Å². The first-order valence-corrected chi connectivity index (χ1v) is 10.5. The topological polar surface area (TPSA) is 70.0 Å². The van der Waals surface area contributed by atoms with Crippen LogP contribution < -0.4 is 5.32 Å². The van der Waals surface area contributed by atoms with E-state index in [9.17, 15) is 18.7 Å². The largest absolute Gasteiger partial charge is 0.391 e. The van der Waals surface area contributed by atoms with E-state index in [0.717, 1.165) is 18.5 Å². The van der Waals surface area contributed by atoms with E-state index in [2.05, 4.69) is 26.2 Å². The van der Waals surface area contributed by atoms with E-state index in [0.29, 0.717) is 29.9 Å². The van der Waals surface area contributed by atoms with Crippen LogP contribution in [0.2, 0.25) is 0 Å². The summed E-state index contributed by atoms with van der Waals surface area (Å²) in [4.78, 5) is 15.5. The summed E-state index contributed by atoms with van der Waals surface area (Å²) >= 11 is 8.46. The van der Waals surface area contributed by atoms with Crippen LogP contribution in [0.5, 0.6) is 0 Å². The summed E-state index contributed by atoms with van der Waals surface area (Å²) in [6.07, 6.45) is 2.33. The summed E-state index contributed by atoms with van der Waals surface area (Å²) in [5.41, 5.74) is 1.50. The number of aliphatic hydroxyl groups excluding tert-OH is 1. The lowest BCUT2D eigenvalue weighted by atomic mass is 9.95. The van der Waals surface area contributed by atoms with Crippen LogP contribution in [0, 0.1) is 16.4 Å².